The van der Waals surface area contributed by atoms with Gasteiger partial charge >= 0.3 is 0 Å². The van der Waals surface area contributed by atoms with E-state index in [2.05, 4.69) is 35.3 Å². The summed E-state index contributed by atoms with van der Waals surface area (Å²) in [5.41, 5.74) is 2.85. The van der Waals surface area contributed by atoms with Gasteiger partial charge in [0.25, 0.3) is 0 Å². The Balaban J connectivity index is 1.48. The lowest BCUT2D eigenvalue weighted by Gasteiger charge is -2.36. The van der Waals surface area contributed by atoms with E-state index in [-0.39, 0.29) is 24.1 Å². The van der Waals surface area contributed by atoms with Crippen LogP contribution < -0.4 is 10.2 Å². The zero-order valence-electron chi connectivity index (χ0n) is 14.7. The number of nitrogens with zero attached hydrogens (tertiary/aromatic N) is 2. The first-order valence-corrected chi connectivity index (χ1v) is 8.66. The van der Waals surface area contributed by atoms with Crippen LogP contribution in [0, 0.1) is 12.7 Å². The SMILES string of the molecule is Cc1cccc(N2CCN(C(=O)CC(=O)Nc3ccc(F)cc3)CC2)c1. The van der Waals surface area contributed by atoms with Crippen molar-refractivity contribution in [1.29, 1.82) is 0 Å². The van der Waals surface area contributed by atoms with Crippen molar-refractivity contribution in [2.45, 2.75) is 13.3 Å². The Bertz CT molecular complexity index is 784. The van der Waals surface area contributed by atoms with Crippen molar-refractivity contribution >= 4 is 23.2 Å². The minimum Gasteiger partial charge on any atom is -0.368 e. The van der Waals surface area contributed by atoms with Crippen LogP contribution in [0.2, 0.25) is 0 Å². The number of piperazine rings is 1. The largest absolute Gasteiger partial charge is 0.368 e. The molecule has 0 aromatic heterocycles. The smallest absolute Gasteiger partial charge is 0.233 e. The fourth-order valence-electron chi connectivity index (χ4n) is 3.03. The molecule has 1 aliphatic rings. The molecule has 0 atom stereocenters. The van der Waals surface area contributed by atoms with Crippen LogP contribution in [-0.2, 0) is 9.59 Å². The van der Waals surface area contributed by atoms with Crippen LogP contribution in [0.25, 0.3) is 0 Å². The number of hydrogen-bond acceptors (Lipinski definition) is 3. The van der Waals surface area contributed by atoms with Gasteiger partial charge in [-0.3, -0.25) is 9.59 Å². The first kappa shape index (κ1) is 17.9. The molecule has 2 aromatic carbocycles. The predicted octanol–water partition coefficient (Wildman–Crippen LogP) is 2.81. The average Bonchev–Trinajstić information content (AvgIpc) is 2.64. The Morgan fingerprint density at radius 3 is 2.38 bits per heavy atom. The highest BCUT2D eigenvalue weighted by molar-refractivity contribution is 6.03. The van der Waals surface area contributed by atoms with Gasteiger partial charge in [-0.15, -0.1) is 0 Å². The van der Waals surface area contributed by atoms with E-state index < -0.39 is 0 Å². The Labute approximate surface area is 152 Å². The number of benzene rings is 2. The molecule has 0 aliphatic carbocycles. The zero-order chi connectivity index (χ0) is 18.5. The molecule has 5 nitrogen and oxygen atoms in total. The van der Waals surface area contributed by atoms with E-state index >= 15 is 0 Å². The number of hydrogen-bond donors (Lipinski definition) is 1. The summed E-state index contributed by atoms with van der Waals surface area (Å²) in [5, 5.41) is 2.62. The second-order valence-corrected chi connectivity index (χ2v) is 6.44. The molecule has 26 heavy (non-hydrogen) atoms. The monoisotopic (exact) mass is 355 g/mol. The summed E-state index contributed by atoms with van der Waals surface area (Å²) in [6.07, 6.45) is -0.207. The van der Waals surface area contributed by atoms with Gasteiger partial charge in [-0.2, -0.15) is 0 Å². The van der Waals surface area contributed by atoms with Crippen molar-refractivity contribution in [2.24, 2.45) is 0 Å². The van der Waals surface area contributed by atoms with Crippen molar-refractivity contribution in [3.05, 3.63) is 59.9 Å². The minimum atomic E-state index is -0.386. The Hall–Kier alpha value is -2.89. The molecule has 0 spiro atoms. The van der Waals surface area contributed by atoms with Gasteiger partial charge in [-0.1, -0.05) is 12.1 Å². The van der Waals surface area contributed by atoms with Gasteiger partial charge in [0, 0.05) is 37.6 Å². The van der Waals surface area contributed by atoms with Crippen LogP contribution in [0.15, 0.2) is 48.5 Å². The average molecular weight is 355 g/mol. The minimum absolute atomic E-state index is 0.187. The number of aryl methyl sites for hydroxylation is 1. The van der Waals surface area contributed by atoms with Gasteiger partial charge in [-0.05, 0) is 48.9 Å². The molecule has 1 N–H and O–H groups in total. The molecule has 2 aromatic rings. The lowest BCUT2D eigenvalue weighted by atomic mass is 10.2. The standard InChI is InChI=1S/C20H22FN3O2/c1-15-3-2-4-18(13-15)23-9-11-24(12-10-23)20(26)14-19(25)22-17-7-5-16(21)6-8-17/h2-8,13H,9-12,14H2,1H3,(H,22,25). The van der Waals surface area contributed by atoms with E-state index in [1.54, 1.807) is 4.90 Å². The third kappa shape index (κ3) is 4.59. The highest BCUT2D eigenvalue weighted by Gasteiger charge is 2.23. The Kier molecular flexibility index (Phi) is 5.51. The van der Waals surface area contributed by atoms with Gasteiger partial charge in [0.15, 0.2) is 0 Å². The number of anilines is 2. The van der Waals surface area contributed by atoms with Crippen molar-refractivity contribution in [3.63, 3.8) is 0 Å². The second-order valence-electron chi connectivity index (χ2n) is 6.44. The van der Waals surface area contributed by atoms with E-state index in [1.165, 1.54) is 29.8 Å². The number of carbonyl (C=O) groups is 2. The molecule has 1 aliphatic heterocycles. The molecule has 0 saturated carbocycles. The van der Waals surface area contributed by atoms with Crippen LogP contribution >= 0.6 is 0 Å². The van der Waals surface area contributed by atoms with E-state index in [9.17, 15) is 14.0 Å². The van der Waals surface area contributed by atoms with Crippen molar-refractivity contribution in [1.82, 2.24) is 4.90 Å². The molecule has 1 saturated heterocycles. The summed E-state index contributed by atoms with van der Waals surface area (Å²) in [4.78, 5) is 28.3. The summed E-state index contributed by atoms with van der Waals surface area (Å²) in [6.45, 7) is 4.74. The maximum absolute atomic E-state index is 12.9. The van der Waals surface area contributed by atoms with Crippen LogP contribution in [0.4, 0.5) is 15.8 Å². The normalized spacial score (nSPS) is 14.2. The second kappa shape index (κ2) is 7.99. The van der Waals surface area contributed by atoms with E-state index in [0.717, 1.165) is 18.8 Å². The van der Waals surface area contributed by atoms with Gasteiger partial charge in [0.2, 0.25) is 11.8 Å². The van der Waals surface area contributed by atoms with Gasteiger partial charge < -0.3 is 15.1 Å². The maximum Gasteiger partial charge on any atom is 0.233 e. The molecule has 6 heteroatoms. The quantitative estimate of drug-likeness (QED) is 0.858. The van der Waals surface area contributed by atoms with Crippen molar-refractivity contribution in [3.8, 4) is 0 Å². The van der Waals surface area contributed by atoms with Crippen LogP contribution in [0.1, 0.15) is 12.0 Å². The van der Waals surface area contributed by atoms with Crippen molar-refractivity contribution < 1.29 is 14.0 Å². The first-order valence-electron chi connectivity index (χ1n) is 8.66. The summed E-state index contributed by atoms with van der Waals surface area (Å²) in [6, 6.07) is 13.8. The number of rotatable bonds is 4. The number of nitrogens with one attached hydrogen (secondary N) is 1. The van der Waals surface area contributed by atoms with Gasteiger partial charge in [0.05, 0.1) is 0 Å². The molecule has 1 heterocycles. The van der Waals surface area contributed by atoms with E-state index in [1.807, 2.05) is 6.07 Å². The van der Waals surface area contributed by atoms with E-state index in [0.29, 0.717) is 18.8 Å². The number of amides is 2. The topological polar surface area (TPSA) is 52.7 Å². The summed E-state index contributed by atoms with van der Waals surface area (Å²) in [5.74, 6) is -0.943. The fraction of sp³-hybridized carbons (Fsp3) is 0.300. The molecule has 3 rings (SSSR count). The van der Waals surface area contributed by atoms with Crippen LogP contribution in [0.3, 0.4) is 0 Å². The van der Waals surface area contributed by atoms with Crippen LogP contribution in [0.5, 0.6) is 0 Å². The van der Waals surface area contributed by atoms with Crippen molar-refractivity contribution in [2.75, 3.05) is 36.4 Å². The molecule has 0 unspecified atom stereocenters. The first-order chi connectivity index (χ1) is 12.5. The third-order valence-electron chi connectivity index (χ3n) is 4.44. The van der Waals surface area contributed by atoms with Crippen LogP contribution in [-0.4, -0.2) is 42.9 Å². The molecule has 0 radical (unpaired) electrons. The Morgan fingerprint density at radius 1 is 1.04 bits per heavy atom. The lowest BCUT2D eigenvalue weighted by molar-refractivity contribution is -0.134. The number of halogens is 1. The highest BCUT2D eigenvalue weighted by atomic mass is 19.1. The fourth-order valence-corrected chi connectivity index (χ4v) is 3.03. The van der Waals surface area contributed by atoms with Gasteiger partial charge in [0.1, 0.15) is 12.2 Å². The molecule has 2 amide bonds. The molecule has 0 bridgehead atoms. The molecule has 1 fully saturated rings. The summed E-state index contributed by atoms with van der Waals surface area (Å²) >= 11 is 0. The highest BCUT2D eigenvalue weighted by Crippen LogP contribution is 2.18. The van der Waals surface area contributed by atoms with Gasteiger partial charge in [-0.25, -0.2) is 4.39 Å². The summed E-state index contributed by atoms with van der Waals surface area (Å²) < 4.78 is 12.9. The predicted molar refractivity (Wildman–Crippen MR) is 99.6 cm³/mol. The zero-order valence-corrected chi connectivity index (χ0v) is 14.7. The maximum atomic E-state index is 12.9. The van der Waals surface area contributed by atoms with E-state index in [4.69, 9.17) is 0 Å². The molecular formula is C20H22FN3O2. The molecular weight excluding hydrogens is 333 g/mol. The number of carbonyl (C=O) groups excluding carboxylic acids is 2. The Morgan fingerprint density at radius 2 is 1.73 bits per heavy atom. The summed E-state index contributed by atoms with van der Waals surface area (Å²) in [7, 11) is 0. The lowest BCUT2D eigenvalue weighted by Crippen LogP contribution is -2.49. The third-order valence-corrected chi connectivity index (χ3v) is 4.44. The molecule has 136 valence electrons.